The Labute approximate surface area is 107 Å². The van der Waals surface area contributed by atoms with Crippen molar-refractivity contribution in [3.05, 3.63) is 52.7 Å². The number of hydrogen-bond acceptors (Lipinski definition) is 3. The van der Waals surface area contributed by atoms with Crippen molar-refractivity contribution in [3.63, 3.8) is 0 Å². The number of rotatable bonds is 3. The van der Waals surface area contributed by atoms with Gasteiger partial charge in [0.2, 0.25) is 5.88 Å². The number of aromatic nitrogens is 1. The highest BCUT2D eigenvalue weighted by molar-refractivity contribution is 5.38. The van der Waals surface area contributed by atoms with E-state index in [0.717, 1.165) is 22.6 Å². The molecule has 18 heavy (non-hydrogen) atoms. The average molecular weight is 243 g/mol. The minimum Gasteiger partial charge on any atom is -0.439 e. The maximum absolute atomic E-state index is 9.39. The minimum atomic E-state index is -0.0691. The first kappa shape index (κ1) is 12.6. The van der Waals surface area contributed by atoms with Crippen molar-refractivity contribution in [2.45, 2.75) is 27.4 Å². The Morgan fingerprint density at radius 2 is 1.78 bits per heavy atom. The van der Waals surface area contributed by atoms with Crippen LogP contribution in [0.15, 0.2) is 30.3 Å². The predicted molar refractivity (Wildman–Crippen MR) is 70.9 cm³/mol. The summed E-state index contributed by atoms with van der Waals surface area (Å²) in [6.45, 7) is 5.82. The average Bonchev–Trinajstić information content (AvgIpc) is 2.32. The third kappa shape index (κ3) is 2.68. The van der Waals surface area contributed by atoms with Crippen LogP contribution in [0.25, 0.3) is 0 Å². The van der Waals surface area contributed by atoms with Crippen LogP contribution in [-0.4, -0.2) is 10.1 Å². The van der Waals surface area contributed by atoms with E-state index in [9.17, 15) is 5.11 Å². The van der Waals surface area contributed by atoms with Gasteiger partial charge in [0, 0.05) is 11.3 Å². The van der Waals surface area contributed by atoms with Crippen LogP contribution in [0.2, 0.25) is 0 Å². The van der Waals surface area contributed by atoms with E-state index >= 15 is 0 Å². The van der Waals surface area contributed by atoms with Crippen molar-refractivity contribution in [3.8, 4) is 11.6 Å². The summed E-state index contributed by atoms with van der Waals surface area (Å²) >= 11 is 0. The van der Waals surface area contributed by atoms with E-state index in [1.165, 1.54) is 5.56 Å². The molecule has 0 fully saturated rings. The van der Waals surface area contributed by atoms with Gasteiger partial charge in [0.25, 0.3) is 0 Å². The Morgan fingerprint density at radius 3 is 2.39 bits per heavy atom. The number of nitrogens with zero attached hydrogens (tertiary/aromatic N) is 1. The molecule has 1 aromatic heterocycles. The molecule has 2 rings (SSSR count). The van der Waals surface area contributed by atoms with Crippen molar-refractivity contribution in [2.24, 2.45) is 0 Å². The first-order chi connectivity index (χ1) is 8.60. The predicted octanol–water partition coefficient (Wildman–Crippen LogP) is 3.29. The minimum absolute atomic E-state index is 0.0691. The second-order valence-corrected chi connectivity index (χ2v) is 4.44. The van der Waals surface area contributed by atoms with Crippen LogP contribution in [0.3, 0.4) is 0 Å². The molecule has 0 saturated heterocycles. The molecule has 0 bridgehead atoms. The highest BCUT2D eigenvalue weighted by atomic mass is 16.5. The van der Waals surface area contributed by atoms with Crippen LogP contribution >= 0.6 is 0 Å². The Kier molecular flexibility index (Phi) is 3.63. The van der Waals surface area contributed by atoms with Crippen LogP contribution in [0.5, 0.6) is 11.6 Å². The van der Waals surface area contributed by atoms with Crippen LogP contribution in [-0.2, 0) is 6.61 Å². The number of aliphatic hydroxyl groups is 1. The molecule has 0 amide bonds. The molecule has 0 aliphatic rings. The van der Waals surface area contributed by atoms with Crippen LogP contribution in [0.1, 0.15) is 22.4 Å². The van der Waals surface area contributed by atoms with E-state index in [2.05, 4.69) is 4.98 Å². The Bertz CT molecular complexity index is 547. The zero-order valence-electron chi connectivity index (χ0n) is 10.9. The number of pyridine rings is 1. The van der Waals surface area contributed by atoms with Gasteiger partial charge in [-0.3, -0.25) is 0 Å². The fraction of sp³-hybridized carbons (Fsp3) is 0.267. The zero-order chi connectivity index (χ0) is 13.1. The first-order valence-corrected chi connectivity index (χ1v) is 5.92. The van der Waals surface area contributed by atoms with Crippen LogP contribution in [0.4, 0.5) is 0 Å². The fourth-order valence-corrected chi connectivity index (χ4v) is 1.82. The van der Waals surface area contributed by atoms with Crippen LogP contribution < -0.4 is 4.74 Å². The third-order valence-corrected chi connectivity index (χ3v) is 2.83. The molecule has 0 saturated carbocycles. The van der Waals surface area contributed by atoms with Gasteiger partial charge in [-0.15, -0.1) is 0 Å². The first-order valence-electron chi connectivity index (χ1n) is 5.92. The smallest absolute Gasteiger partial charge is 0.225 e. The van der Waals surface area contributed by atoms with Crippen molar-refractivity contribution in [1.82, 2.24) is 4.98 Å². The molecular weight excluding hydrogens is 226 g/mol. The summed E-state index contributed by atoms with van der Waals surface area (Å²) in [5.41, 5.74) is 3.79. The van der Waals surface area contributed by atoms with E-state index in [0.29, 0.717) is 5.88 Å². The van der Waals surface area contributed by atoms with E-state index < -0.39 is 0 Å². The van der Waals surface area contributed by atoms with Gasteiger partial charge in [-0.2, -0.15) is 0 Å². The van der Waals surface area contributed by atoms with Crippen molar-refractivity contribution in [1.29, 1.82) is 0 Å². The van der Waals surface area contributed by atoms with Crippen molar-refractivity contribution >= 4 is 0 Å². The lowest BCUT2D eigenvalue weighted by atomic mass is 10.1. The standard InChI is InChI=1S/C15H17NO2/c1-10-4-6-13(7-5-10)18-15-14(9-17)11(2)8-12(3)16-15/h4-8,17H,9H2,1-3H3. The summed E-state index contributed by atoms with van der Waals surface area (Å²) in [5, 5.41) is 9.39. The molecule has 1 heterocycles. The third-order valence-electron chi connectivity index (χ3n) is 2.83. The monoisotopic (exact) mass is 243 g/mol. The lowest BCUT2D eigenvalue weighted by Crippen LogP contribution is -1.99. The maximum Gasteiger partial charge on any atom is 0.225 e. The maximum atomic E-state index is 9.39. The van der Waals surface area contributed by atoms with Crippen molar-refractivity contribution < 1.29 is 9.84 Å². The summed E-state index contributed by atoms with van der Waals surface area (Å²) in [6, 6.07) is 9.70. The van der Waals surface area contributed by atoms with Gasteiger partial charge in [-0.25, -0.2) is 4.98 Å². The summed E-state index contributed by atoms with van der Waals surface area (Å²) in [7, 11) is 0. The second kappa shape index (κ2) is 5.19. The lowest BCUT2D eigenvalue weighted by Gasteiger charge is -2.12. The molecule has 3 nitrogen and oxygen atoms in total. The highest BCUT2D eigenvalue weighted by Gasteiger charge is 2.10. The molecule has 1 aromatic carbocycles. The lowest BCUT2D eigenvalue weighted by molar-refractivity contribution is 0.274. The molecule has 0 aliphatic carbocycles. The molecule has 3 heteroatoms. The summed E-state index contributed by atoms with van der Waals surface area (Å²) in [4.78, 5) is 4.34. The van der Waals surface area contributed by atoms with Gasteiger partial charge < -0.3 is 9.84 Å². The number of aryl methyl sites for hydroxylation is 3. The second-order valence-electron chi connectivity index (χ2n) is 4.44. The van der Waals surface area contributed by atoms with Crippen LogP contribution in [0, 0.1) is 20.8 Å². The molecule has 94 valence electrons. The summed E-state index contributed by atoms with van der Waals surface area (Å²) in [6.07, 6.45) is 0. The number of hydrogen-bond donors (Lipinski definition) is 1. The van der Waals surface area contributed by atoms with Gasteiger partial charge >= 0.3 is 0 Å². The van der Waals surface area contributed by atoms with Crippen molar-refractivity contribution in [2.75, 3.05) is 0 Å². The molecule has 0 atom stereocenters. The molecule has 1 N–H and O–H groups in total. The quantitative estimate of drug-likeness (QED) is 0.899. The SMILES string of the molecule is Cc1ccc(Oc2nc(C)cc(C)c2CO)cc1. The summed E-state index contributed by atoms with van der Waals surface area (Å²) < 4.78 is 5.75. The van der Waals surface area contributed by atoms with Gasteiger partial charge in [0.15, 0.2) is 0 Å². The number of benzene rings is 1. The molecule has 2 aromatic rings. The molecule has 0 radical (unpaired) electrons. The number of aliphatic hydroxyl groups excluding tert-OH is 1. The Hall–Kier alpha value is -1.87. The number of ether oxygens (including phenoxy) is 1. The van der Waals surface area contributed by atoms with E-state index in [4.69, 9.17) is 4.74 Å². The molecule has 0 unspecified atom stereocenters. The Balaban J connectivity index is 2.36. The molecule has 0 aliphatic heterocycles. The topological polar surface area (TPSA) is 42.4 Å². The van der Waals surface area contributed by atoms with Gasteiger partial charge in [0.05, 0.1) is 6.61 Å². The molecular formula is C15H17NO2. The van der Waals surface area contributed by atoms with Gasteiger partial charge in [-0.1, -0.05) is 17.7 Å². The van der Waals surface area contributed by atoms with E-state index in [1.54, 1.807) is 0 Å². The van der Waals surface area contributed by atoms with Gasteiger partial charge in [-0.05, 0) is 44.5 Å². The van der Waals surface area contributed by atoms with E-state index in [-0.39, 0.29) is 6.61 Å². The van der Waals surface area contributed by atoms with Gasteiger partial charge in [0.1, 0.15) is 5.75 Å². The Morgan fingerprint density at radius 1 is 1.11 bits per heavy atom. The molecule has 0 spiro atoms. The normalized spacial score (nSPS) is 10.4. The van der Waals surface area contributed by atoms with E-state index in [1.807, 2.05) is 51.1 Å². The fourth-order valence-electron chi connectivity index (χ4n) is 1.82. The highest BCUT2D eigenvalue weighted by Crippen LogP contribution is 2.26. The largest absolute Gasteiger partial charge is 0.439 e. The zero-order valence-corrected chi connectivity index (χ0v) is 10.9. The summed E-state index contributed by atoms with van der Waals surface area (Å²) in [5.74, 6) is 1.21.